The average molecular weight is 527 g/mol. The highest BCUT2D eigenvalue weighted by molar-refractivity contribution is 6.74. The quantitative estimate of drug-likeness (QED) is 0.126. The summed E-state index contributed by atoms with van der Waals surface area (Å²) < 4.78 is 11.6. The van der Waals surface area contributed by atoms with Gasteiger partial charge in [-0.2, -0.15) is 0 Å². The number of hydrogen-bond donors (Lipinski definition) is 0. The number of hydrogen-bond acceptors (Lipinski definition) is 4. The fourth-order valence-corrected chi connectivity index (χ4v) is 7.10. The molecule has 0 heterocycles. The zero-order valence-electron chi connectivity index (χ0n) is 24.2. The van der Waals surface area contributed by atoms with Crippen LogP contribution < -0.4 is 0 Å². The first kappa shape index (κ1) is 29.8. The van der Waals surface area contributed by atoms with Crippen LogP contribution in [0.15, 0.2) is 36.4 Å². The summed E-state index contributed by atoms with van der Waals surface area (Å²) in [7, 11) is -0.596. The molecule has 2 saturated carbocycles. The van der Waals surface area contributed by atoms with Crippen LogP contribution in [0.25, 0.3) is 0 Å². The highest BCUT2D eigenvalue weighted by atomic mass is 28.4. The summed E-state index contributed by atoms with van der Waals surface area (Å²) in [6.45, 7) is 11.4. The molecule has 1 aromatic rings. The van der Waals surface area contributed by atoms with Crippen molar-refractivity contribution < 1.29 is 18.8 Å². The molecule has 206 valence electrons. The Morgan fingerprint density at radius 1 is 1.05 bits per heavy atom. The van der Waals surface area contributed by atoms with Crippen LogP contribution in [0.3, 0.4) is 0 Å². The number of carbonyl (C=O) groups excluding carboxylic acids is 2. The van der Waals surface area contributed by atoms with Crippen molar-refractivity contribution >= 4 is 20.1 Å². The van der Waals surface area contributed by atoms with Crippen molar-refractivity contribution in [2.45, 2.75) is 122 Å². The molecule has 2 unspecified atom stereocenters. The van der Waals surface area contributed by atoms with E-state index in [9.17, 15) is 9.59 Å². The molecule has 3 rings (SSSR count). The molecule has 1 aromatic carbocycles. The zero-order valence-corrected chi connectivity index (χ0v) is 25.2. The van der Waals surface area contributed by atoms with E-state index in [1.807, 2.05) is 0 Å². The van der Waals surface area contributed by atoms with Crippen LogP contribution in [0.2, 0.25) is 18.1 Å². The first-order valence-corrected chi connectivity index (χ1v) is 17.4. The molecule has 4 nitrogen and oxygen atoms in total. The third kappa shape index (κ3) is 8.38. The third-order valence-corrected chi connectivity index (χ3v) is 13.6. The van der Waals surface area contributed by atoms with Gasteiger partial charge in [-0.25, -0.2) is 0 Å². The maximum absolute atomic E-state index is 13.3. The molecule has 2 fully saturated rings. The van der Waals surface area contributed by atoms with E-state index in [-0.39, 0.29) is 28.9 Å². The average Bonchev–Trinajstić information content (AvgIpc) is 3.15. The van der Waals surface area contributed by atoms with Crippen molar-refractivity contribution in [2.24, 2.45) is 11.8 Å². The van der Waals surface area contributed by atoms with Crippen LogP contribution in [-0.4, -0.2) is 33.3 Å². The van der Waals surface area contributed by atoms with E-state index in [0.717, 1.165) is 25.2 Å². The lowest BCUT2D eigenvalue weighted by atomic mass is 9.82. The number of Topliss-reactive ketones (excluding diaryl/α,β-unsaturated/α-hetero) is 1. The van der Waals surface area contributed by atoms with Crippen molar-refractivity contribution in [3.8, 4) is 0 Å². The number of carbonyl (C=O) groups is 2. The molecular weight excluding hydrogens is 476 g/mol. The summed E-state index contributed by atoms with van der Waals surface area (Å²) in [6.07, 6.45) is 15.5. The van der Waals surface area contributed by atoms with Gasteiger partial charge in [-0.1, -0.05) is 89.3 Å². The van der Waals surface area contributed by atoms with Crippen LogP contribution in [0.5, 0.6) is 0 Å². The molecule has 0 saturated heterocycles. The number of ether oxygens (including phenoxy) is 1. The topological polar surface area (TPSA) is 52.6 Å². The summed E-state index contributed by atoms with van der Waals surface area (Å²) >= 11 is 0. The third-order valence-electron chi connectivity index (χ3n) is 9.05. The Morgan fingerprint density at radius 3 is 2.35 bits per heavy atom. The van der Waals surface area contributed by atoms with Gasteiger partial charge in [0.25, 0.3) is 0 Å². The molecule has 2 aliphatic carbocycles. The van der Waals surface area contributed by atoms with Gasteiger partial charge in [0.1, 0.15) is 5.78 Å². The number of allylic oxidation sites excluding steroid dienone is 2. The van der Waals surface area contributed by atoms with Crippen LogP contribution in [0.1, 0.15) is 102 Å². The fourth-order valence-electron chi connectivity index (χ4n) is 5.76. The molecule has 37 heavy (non-hydrogen) atoms. The number of rotatable bonds is 11. The molecule has 0 N–H and O–H groups in total. The Hall–Kier alpha value is -1.72. The van der Waals surface area contributed by atoms with Crippen molar-refractivity contribution in [3.05, 3.63) is 47.5 Å². The van der Waals surface area contributed by atoms with E-state index < -0.39 is 8.32 Å². The summed E-state index contributed by atoms with van der Waals surface area (Å²) in [5.74, 6) is 0.997. The van der Waals surface area contributed by atoms with Gasteiger partial charge >= 0.3 is 5.97 Å². The van der Waals surface area contributed by atoms with Gasteiger partial charge in [-0.3, -0.25) is 9.59 Å². The first-order valence-electron chi connectivity index (χ1n) is 14.5. The standard InChI is InChI=1S/C32H50O4Si/c1-32(2,3)37(5,6)36-29-23-28(33)27(16-12-7-8-13-17-30(34)35-4)31(29)26-20-18-25(19-21-26)22-24-14-10-9-11-15-24/h7,12,18-21,24,27,29,31H,8-11,13-17,22-23H2,1-6H3/b12-7-/t27-,29?,31?/m0/s1. The normalized spacial score (nSPS) is 23.6. The van der Waals surface area contributed by atoms with E-state index in [4.69, 9.17) is 9.16 Å². The second-order valence-corrected chi connectivity index (χ2v) is 17.6. The van der Waals surface area contributed by atoms with Crippen LogP contribution in [0.4, 0.5) is 0 Å². The van der Waals surface area contributed by atoms with Gasteiger partial charge in [-0.15, -0.1) is 0 Å². The van der Waals surface area contributed by atoms with Gasteiger partial charge in [0.2, 0.25) is 0 Å². The predicted molar refractivity (Wildman–Crippen MR) is 154 cm³/mol. The fraction of sp³-hybridized carbons (Fsp3) is 0.688. The SMILES string of the molecule is COC(=O)CCC/C=C\C[C@H]1C(=O)CC(O[Si](C)(C)C(C)(C)C)C1c1ccc(CC2CCCCC2)cc1. The maximum atomic E-state index is 13.3. The van der Waals surface area contributed by atoms with Crippen LogP contribution in [0, 0.1) is 11.8 Å². The highest BCUT2D eigenvalue weighted by Crippen LogP contribution is 2.46. The van der Waals surface area contributed by atoms with Crippen molar-refractivity contribution in [1.82, 2.24) is 0 Å². The Labute approximate surface area is 226 Å². The van der Waals surface area contributed by atoms with Crippen LogP contribution in [-0.2, 0) is 25.2 Å². The molecule has 0 aromatic heterocycles. The lowest BCUT2D eigenvalue weighted by molar-refractivity contribution is -0.140. The largest absolute Gasteiger partial charge is 0.469 e. The minimum atomic E-state index is -2.02. The highest BCUT2D eigenvalue weighted by Gasteiger charge is 2.48. The van der Waals surface area contributed by atoms with Crippen molar-refractivity contribution in [2.75, 3.05) is 7.11 Å². The molecule has 2 aliphatic rings. The molecule has 0 aliphatic heterocycles. The maximum Gasteiger partial charge on any atom is 0.305 e. The lowest BCUT2D eigenvalue weighted by Crippen LogP contribution is -2.44. The summed E-state index contributed by atoms with van der Waals surface area (Å²) in [4.78, 5) is 24.7. The van der Waals surface area contributed by atoms with Gasteiger partial charge in [-0.05, 0) is 60.9 Å². The number of benzene rings is 1. The van der Waals surface area contributed by atoms with Crippen LogP contribution >= 0.6 is 0 Å². The molecule has 0 radical (unpaired) electrons. The van der Waals surface area contributed by atoms with Crippen molar-refractivity contribution in [1.29, 1.82) is 0 Å². The van der Waals surface area contributed by atoms with Crippen molar-refractivity contribution in [3.63, 3.8) is 0 Å². The second-order valence-electron chi connectivity index (χ2n) is 12.8. The Morgan fingerprint density at radius 2 is 1.73 bits per heavy atom. The molecule has 0 amide bonds. The molecule has 3 atom stereocenters. The van der Waals surface area contributed by atoms with E-state index >= 15 is 0 Å². The van der Waals surface area contributed by atoms with Gasteiger partial charge in [0.15, 0.2) is 8.32 Å². The monoisotopic (exact) mass is 526 g/mol. The number of ketones is 1. The summed E-state index contributed by atoms with van der Waals surface area (Å²) in [5, 5.41) is 0.0993. The van der Waals surface area contributed by atoms with Gasteiger partial charge in [0, 0.05) is 24.7 Å². The predicted octanol–water partition coefficient (Wildman–Crippen LogP) is 8.16. The van der Waals surface area contributed by atoms with E-state index in [1.165, 1.54) is 56.8 Å². The summed E-state index contributed by atoms with van der Waals surface area (Å²) in [5.41, 5.74) is 2.66. The van der Waals surface area contributed by atoms with Gasteiger partial charge in [0.05, 0.1) is 13.2 Å². The number of unbranched alkanes of at least 4 members (excludes halogenated alkanes) is 1. The lowest BCUT2D eigenvalue weighted by Gasteiger charge is -2.40. The molecule has 0 bridgehead atoms. The molecule has 0 spiro atoms. The first-order chi connectivity index (χ1) is 17.5. The Balaban J connectivity index is 1.74. The van der Waals surface area contributed by atoms with E-state index in [0.29, 0.717) is 18.6 Å². The van der Waals surface area contributed by atoms with E-state index in [2.05, 4.69) is 70.3 Å². The second kappa shape index (κ2) is 13.4. The van der Waals surface area contributed by atoms with E-state index in [1.54, 1.807) is 0 Å². The number of methoxy groups -OCH3 is 1. The molecule has 5 heteroatoms. The minimum absolute atomic E-state index is 0.0594. The number of esters is 1. The smallest absolute Gasteiger partial charge is 0.305 e. The zero-order chi connectivity index (χ0) is 27.1. The minimum Gasteiger partial charge on any atom is -0.469 e. The summed E-state index contributed by atoms with van der Waals surface area (Å²) in [6, 6.07) is 9.15. The van der Waals surface area contributed by atoms with Gasteiger partial charge < -0.3 is 9.16 Å². The Bertz CT molecular complexity index is 906. The Kier molecular flexibility index (Phi) is 10.8. The molecular formula is C32H50O4Si.